The molecule has 23 heavy (non-hydrogen) atoms. The summed E-state index contributed by atoms with van der Waals surface area (Å²) in [4.78, 5) is 42.8. The maximum absolute atomic E-state index is 12.6. The van der Waals surface area contributed by atoms with Crippen LogP contribution in [0.25, 0.3) is 11.0 Å². The predicted octanol–water partition coefficient (Wildman–Crippen LogP) is 0.894. The zero-order valence-electron chi connectivity index (χ0n) is 14.0. The normalized spacial score (nSPS) is 11.0. The molecular formula is C16H22N4O3. The van der Waals surface area contributed by atoms with Gasteiger partial charge in [0.25, 0.3) is 11.5 Å². The van der Waals surface area contributed by atoms with Crippen molar-refractivity contribution in [3.05, 3.63) is 38.7 Å². The minimum absolute atomic E-state index is 0.177. The first-order valence-electron chi connectivity index (χ1n) is 7.78. The van der Waals surface area contributed by atoms with Crippen LogP contribution in [-0.2, 0) is 14.1 Å². The van der Waals surface area contributed by atoms with E-state index in [1.807, 2.05) is 13.8 Å². The molecule has 0 N–H and O–H groups in total. The zero-order chi connectivity index (χ0) is 17.1. The van der Waals surface area contributed by atoms with Crippen molar-refractivity contribution >= 4 is 16.9 Å². The van der Waals surface area contributed by atoms with Gasteiger partial charge in [-0.15, -0.1) is 0 Å². The van der Waals surface area contributed by atoms with E-state index in [0.717, 1.165) is 17.4 Å². The van der Waals surface area contributed by atoms with Crippen molar-refractivity contribution in [2.75, 3.05) is 13.1 Å². The van der Waals surface area contributed by atoms with Crippen LogP contribution in [0.1, 0.15) is 37.2 Å². The van der Waals surface area contributed by atoms with Gasteiger partial charge in [0.15, 0.2) is 0 Å². The molecule has 0 aromatic carbocycles. The number of carbonyl (C=O) groups is 1. The third-order valence-corrected chi connectivity index (χ3v) is 3.80. The van der Waals surface area contributed by atoms with Gasteiger partial charge in [-0.25, -0.2) is 9.78 Å². The molecule has 2 rings (SSSR count). The highest BCUT2D eigenvalue weighted by Gasteiger charge is 2.18. The van der Waals surface area contributed by atoms with Gasteiger partial charge in [0.1, 0.15) is 11.3 Å². The molecule has 0 bridgehead atoms. The first-order chi connectivity index (χ1) is 10.9. The summed E-state index contributed by atoms with van der Waals surface area (Å²) in [5.74, 6) is -0.177. The lowest BCUT2D eigenvalue weighted by Gasteiger charge is -2.21. The summed E-state index contributed by atoms with van der Waals surface area (Å²) in [6.45, 7) is 5.33. The van der Waals surface area contributed by atoms with Crippen LogP contribution in [0.3, 0.4) is 0 Å². The third kappa shape index (κ3) is 3.04. The molecule has 0 radical (unpaired) electrons. The highest BCUT2D eigenvalue weighted by molar-refractivity contribution is 5.94. The van der Waals surface area contributed by atoms with Crippen molar-refractivity contribution in [1.82, 2.24) is 19.0 Å². The second kappa shape index (κ2) is 6.76. The van der Waals surface area contributed by atoms with Crippen molar-refractivity contribution < 1.29 is 4.79 Å². The van der Waals surface area contributed by atoms with E-state index >= 15 is 0 Å². The second-order valence-corrected chi connectivity index (χ2v) is 5.57. The fraction of sp³-hybridized carbons (Fsp3) is 0.500. The van der Waals surface area contributed by atoms with E-state index in [2.05, 4.69) is 4.98 Å². The first-order valence-corrected chi connectivity index (χ1v) is 7.78. The minimum atomic E-state index is -0.460. The lowest BCUT2D eigenvalue weighted by molar-refractivity contribution is 0.0750. The number of hydrogen-bond acceptors (Lipinski definition) is 4. The average molecular weight is 318 g/mol. The molecule has 2 aromatic heterocycles. The van der Waals surface area contributed by atoms with Gasteiger partial charge in [-0.2, -0.15) is 0 Å². The van der Waals surface area contributed by atoms with Gasteiger partial charge < -0.3 is 4.90 Å². The minimum Gasteiger partial charge on any atom is -0.337 e. The Morgan fingerprint density at radius 3 is 2.26 bits per heavy atom. The third-order valence-electron chi connectivity index (χ3n) is 3.80. The number of rotatable bonds is 5. The van der Waals surface area contributed by atoms with Gasteiger partial charge in [0.2, 0.25) is 0 Å². The molecular weight excluding hydrogens is 296 g/mol. The van der Waals surface area contributed by atoms with Crippen LogP contribution in [0, 0.1) is 0 Å². The maximum atomic E-state index is 12.6. The standard InChI is InChI=1S/C16H22N4O3/c1-5-9-20(10-6-2)15(22)12-8-7-11-13(17-12)18(3)16(23)19(4)14(11)21/h7-8H,5-6,9-10H2,1-4H3. The summed E-state index contributed by atoms with van der Waals surface area (Å²) >= 11 is 0. The molecule has 2 aromatic rings. The van der Waals surface area contributed by atoms with Crippen LogP contribution in [-0.4, -0.2) is 38.0 Å². The summed E-state index contributed by atoms with van der Waals surface area (Å²) in [5, 5.41) is 0.323. The molecule has 124 valence electrons. The Bertz CT molecular complexity index is 845. The maximum Gasteiger partial charge on any atom is 0.332 e. The Morgan fingerprint density at radius 1 is 1.09 bits per heavy atom. The second-order valence-electron chi connectivity index (χ2n) is 5.57. The van der Waals surface area contributed by atoms with Crippen LogP contribution >= 0.6 is 0 Å². The molecule has 1 amide bonds. The number of amides is 1. The molecule has 7 heteroatoms. The zero-order valence-corrected chi connectivity index (χ0v) is 14.0. The van der Waals surface area contributed by atoms with Gasteiger partial charge in [0, 0.05) is 27.2 Å². The molecule has 0 aliphatic carbocycles. The summed E-state index contributed by atoms with van der Waals surface area (Å²) in [6, 6.07) is 3.11. The molecule has 0 spiro atoms. The number of nitrogens with zero attached hydrogens (tertiary/aromatic N) is 4. The first kappa shape index (κ1) is 16.9. The number of fused-ring (bicyclic) bond motifs is 1. The lowest BCUT2D eigenvalue weighted by Crippen LogP contribution is -2.38. The Morgan fingerprint density at radius 2 is 1.70 bits per heavy atom. The monoisotopic (exact) mass is 318 g/mol. The molecule has 0 aliphatic rings. The van der Waals surface area contributed by atoms with Crippen LogP contribution in [0.15, 0.2) is 21.7 Å². The molecule has 7 nitrogen and oxygen atoms in total. The molecule has 0 unspecified atom stereocenters. The molecule has 0 atom stereocenters. The molecule has 0 aliphatic heterocycles. The number of carbonyl (C=O) groups excluding carboxylic acids is 1. The van der Waals surface area contributed by atoms with Crippen molar-refractivity contribution in [3.63, 3.8) is 0 Å². The van der Waals surface area contributed by atoms with Gasteiger partial charge >= 0.3 is 5.69 Å². The van der Waals surface area contributed by atoms with Gasteiger partial charge in [-0.05, 0) is 25.0 Å². The van der Waals surface area contributed by atoms with E-state index in [1.165, 1.54) is 11.6 Å². The fourth-order valence-electron chi connectivity index (χ4n) is 2.59. The Hall–Kier alpha value is -2.44. The number of pyridine rings is 1. The Balaban J connectivity index is 2.58. The van der Waals surface area contributed by atoms with Crippen molar-refractivity contribution in [1.29, 1.82) is 0 Å². The summed E-state index contributed by atoms with van der Waals surface area (Å²) in [5.41, 5.74) is -0.383. The van der Waals surface area contributed by atoms with E-state index in [-0.39, 0.29) is 17.2 Å². The Kier molecular flexibility index (Phi) is 4.98. The van der Waals surface area contributed by atoms with Crippen molar-refractivity contribution in [2.45, 2.75) is 26.7 Å². The largest absolute Gasteiger partial charge is 0.337 e. The van der Waals surface area contributed by atoms with Crippen LogP contribution < -0.4 is 11.2 Å². The summed E-state index contributed by atoms with van der Waals surface area (Å²) in [7, 11) is 2.97. The Labute approximate surface area is 134 Å². The molecule has 2 heterocycles. The van der Waals surface area contributed by atoms with E-state index < -0.39 is 11.2 Å². The van der Waals surface area contributed by atoms with E-state index in [0.29, 0.717) is 18.5 Å². The smallest absolute Gasteiger partial charge is 0.332 e. The molecule has 0 saturated carbocycles. The topological polar surface area (TPSA) is 77.2 Å². The number of aromatic nitrogens is 3. The highest BCUT2D eigenvalue weighted by Crippen LogP contribution is 2.09. The van der Waals surface area contributed by atoms with Crippen LogP contribution in [0.4, 0.5) is 0 Å². The fourth-order valence-corrected chi connectivity index (χ4v) is 2.59. The van der Waals surface area contributed by atoms with E-state index in [4.69, 9.17) is 0 Å². The van der Waals surface area contributed by atoms with Crippen LogP contribution in [0.2, 0.25) is 0 Å². The van der Waals surface area contributed by atoms with Gasteiger partial charge in [-0.3, -0.25) is 18.7 Å². The average Bonchev–Trinajstić information content (AvgIpc) is 2.56. The highest BCUT2D eigenvalue weighted by atomic mass is 16.2. The number of hydrogen-bond donors (Lipinski definition) is 0. The van der Waals surface area contributed by atoms with E-state index in [9.17, 15) is 14.4 Å². The van der Waals surface area contributed by atoms with Gasteiger partial charge in [0.05, 0.1) is 5.39 Å². The summed E-state index contributed by atoms with van der Waals surface area (Å²) < 4.78 is 2.32. The molecule has 0 fully saturated rings. The lowest BCUT2D eigenvalue weighted by atomic mass is 10.2. The van der Waals surface area contributed by atoms with Crippen LogP contribution in [0.5, 0.6) is 0 Å². The SMILES string of the molecule is CCCN(CCC)C(=O)c1ccc2c(=O)n(C)c(=O)n(C)c2n1. The summed E-state index contributed by atoms with van der Waals surface area (Å²) in [6.07, 6.45) is 1.72. The van der Waals surface area contributed by atoms with E-state index in [1.54, 1.807) is 24.1 Å². The quantitative estimate of drug-likeness (QED) is 0.820. The number of aryl methyl sites for hydroxylation is 1. The van der Waals surface area contributed by atoms with Gasteiger partial charge in [-0.1, -0.05) is 13.8 Å². The van der Waals surface area contributed by atoms with Crippen molar-refractivity contribution in [2.24, 2.45) is 14.1 Å². The van der Waals surface area contributed by atoms with Crippen molar-refractivity contribution in [3.8, 4) is 0 Å². The molecule has 0 saturated heterocycles. The predicted molar refractivity (Wildman–Crippen MR) is 88.7 cm³/mol.